The molecule has 1 aliphatic heterocycles. The molecule has 6 heteroatoms. The van der Waals surface area contributed by atoms with Gasteiger partial charge in [-0.1, -0.05) is 32.4 Å². The quantitative estimate of drug-likeness (QED) is 0.902. The van der Waals surface area contributed by atoms with E-state index in [0.29, 0.717) is 16.5 Å². The molecule has 23 heavy (non-hydrogen) atoms. The first-order valence-electron chi connectivity index (χ1n) is 8.26. The van der Waals surface area contributed by atoms with E-state index in [4.69, 9.17) is 16.3 Å². The number of hydrogen-bond acceptors (Lipinski definition) is 3. The number of anilines is 1. The SMILES string of the molecule is CC.CCCN1CCN(C(=O)Nc2ccc(OC)c(Cl)c2)CC1. The van der Waals surface area contributed by atoms with Gasteiger partial charge in [0.1, 0.15) is 5.75 Å². The molecular weight excluding hydrogens is 314 g/mol. The molecule has 2 rings (SSSR count). The zero-order chi connectivity index (χ0) is 17.2. The second-order valence-corrected chi connectivity index (χ2v) is 5.52. The zero-order valence-electron chi connectivity index (χ0n) is 14.6. The minimum Gasteiger partial charge on any atom is -0.495 e. The molecule has 1 heterocycles. The lowest BCUT2D eigenvalue weighted by Gasteiger charge is -2.34. The minimum absolute atomic E-state index is 0.0765. The third-order valence-electron chi connectivity index (χ3n) is 3.60. The van der Waals surface area contributed by atoms with Crippen LogP contribution < -0.4 is 10.1 Å². The summed E-state index contributed by atoms with van der Waals surface area (Å²) in [6, 6.07) is 5.16. The molecule has 2 amide bonds. The number of urea groups is 1. The van der Waals surface area contributed by atoms with E-state index in [9.17, 15) is 4.79 Å². The highest BCUT2D eigenvalue weighted by atomic mass is 35.5. The van der Waals surface area contributed by atoms with Crippen LogP contribution in [0.4, 0.5) is 10.5 Å². The first kappa shape index (κ1) is 19.6. The molecule has 1 saturated heterocycles. The maximum absolute atomic E-state index is 12.2. The van der Waals surface area contributed by atoms with Crippen LogP contribution in [0.3, 0.4) is 0 Å². The molecular formula is C17H28ClN3O2. The van der Waals surface area contributed by atoms with E-state index in [1.807, 2.05) is 18.7 Å². The smallest absolute Gasteiger partial charge is 0.321 e. The third kappa shape index (κ3) is 5.92. The van der Waals surface area contributed by atoms with E-state index in [-0.39, 0.29) is 6.03 Å². The Hall–Kier alpha value is -1.46. The van der Waals surface area contributed by atoms with Gasteiger partial charge in [0.25, 0.3) is 0 Å². The molecule has 0 atom stereocenters. The fraction of sp³-hybridized carbons (Fsp3) is 0.588. The molecule has 0 bridgehead atoms. The highest BCUT2D eigenvalue weighted by Crippen LogP contribution is 2.27. The highest BCUT2D eigenvalue weighted by Gasteiger charge is 2.20. The average molecular weight is 342 g/mol. The van der Waals surface area contributed by atoms with Gasteiger partial charge in [0.2, 0.25) is 0 Å². The molecule has 0 radical (unpaired) electrons. The Labute approximate surface area is 144 Å². The lowest BCUT2D eigenvalue weighted by molar-refractivity contribution is 0.147. The molecule has 0 saturated carbocycles. The summed E-state index contributed by atoms with van der Waals surface area (Å²) in [7, 11) is 1.56. The monoisotopic (exact) mass is 341 g/mol. The lowest BCUT2D eigenvalue weighted by atomic mass is 10.3. The van der Waals surface area contributed by atoms with Gasteiger partial charge in [-0.15, -0.1) is 0 Å². The number of nitrogens with zero attached hydrogens (tertiary/aromatic N) is 2. The Bertz CT molecular complexity index is 489. The second-order valence-electron chi connectivity index (χ2n) is 5.11. The number of piperazine rings is 1. The Kier molecular flexibility index (Phi) is 8.81. The molecule has 1 aliphatic rings. The standard InChI is InChI=1S/C15H22ClN3O2.C2H6/c1-3-6-18-7-9-19(10-8-18)15(20)17-12-4-5-14(21-2)13(16)11-12;1-2/h4-5,11H,3,6-10H2,1-2H3,(H,17,20);1-2H3. The zero-order valence-corrected chi connectivity index (χ0v) is 15.3. The van der Waals surface area contributed by atoms with Gasteiger partial charge in [-0.3, -0.25) is 4.90 Å². The van der Waals surface area contributed by atoms with Crippen molar-refractivity contribution in [2.24, 2.45) is 0 Å². The summed E-state index contributed by atoms with van der Waals surface area (Å²) in [5.74, 6) is 0.600. The first-order valence-corrected chi connectivity index (χ1v) is 8.63. The molecule has 1 aromatic carbocycles. The van der Waals surface area contributed by atoms with Gasteiger partial charge in [-0.2, -0.15) is 0 Å². The van der Waals surface area contributed by atoms with Crippen molar-refractivity contribution < 1.29 is 9.53 Å². The van der Waals surface area contributed by atoms with Crippen molar-refractivity contribution in [3.8, 4) is 5.75 Å². The molecule has 0 unspecified atom stereocenters. The van der Waals surface area contributed by atoms with Crippen LogP contribution in [0.15, 0.2) is 18.2 Å². The third-order valence-corrected chi connectivity index (χ3v) is 3.90. The van der Waals surface area contributed by atoms with Crippen LogP contribution in [-0.4, -0.2) is 55.7 Å². The Morgan fingerprint density at radius 1 is 1.26 bits per heavy atom. The number of nitrogens with one attached hydrogen (secondary N) is 1. The summed E-state index contributed by atoms with van der Waals surface area (Å²) in [4.78, 5) is 16.4. The number of rotatable bonds is 4. The average Bonchev–Trinajstić information content (AvgIpc) is 2.58. The van der Waals surface area contributed by atoms with E-state index in [1.54, 1.807) is 25.3 Å². The lowest BCUT2D eigenvalue weighted by Crippen LogP contribution is -2.50. The largest absolute Gasteiger partial charge is 0.495 e. The van der Waals surface area contributed by atoms with Gasteiger partial charge >= 0.3 is 6.03 Å². The number of carbonyl (C=O) groups is 1. The van der Waals surface area contributed by atoms with Gasteiger partial charge < -0.3 is 15.0 Å². The molecule has 0 aliphatic carbocycles. The molecule has 1 fully saturated rings. The van der Waals surface area contributed by atoms with E-state index in [1.165, 1.54) is 0 Å². The number of carbonyl (C=O) groups excluding carboxylic acids is 1. The highest BCUT2D eigenvalue weighted by molar-refractivity contribution is 6.32. The Morgan fingerprint density at radius 2 is 1.91 bits per heavy atom. The van der Waals surface area contributed by atoms with Crippen molar-refractivity contribution in [2.45, 2.75) is 27.2 Å². The molecule has 1 N–H and O–H groups in total. The summed E-state index contributed by atoms with van der Waals surface area (Å²) in [6.45, 7) is 10.7. The van der Waals surface area contributed by atoms with Crippen LogP contribution in [0.1, 0.15) is 27.2 Å². The van der Waals surface area contributed by atoms with Gasteiger partial charge in [0, 0.05) is 31.9 Å². The molecule has 1 aromatic rings. The van der Waals surface area contributed by atoms with Crippen molar-refractivity contribution >= 4 is 23.3 Å². The van der Waals surface area contributed by atoms with Crippen LogP contribution in [0.2, 0.25) is 5.02 Å². The summed E-state index contributed by atoms with van der Waals surface area (Å²) < 4.78 is 5.10. The van der Waals surface area contributed by atoms with Crippen molar-refractivity contribution in [2.75, 3.05) is 45.2 Å². The number of methoxy groups -OCH3 is 1. The molecule has 5 nitrogen and oxygen atoms in total. The van der Waals surface area contributed by atoms with Crippen LogP contribution >= 0.6 is 11.6 Å². The number of ether oxygens (including phenoxy) is 1. The number of halogens is 1. The predicted molar refractivity (Wildman–Crippen MR) is 96.7 cm³/mol. The van der Waals surface area contributed by atoms with Gasteiger partial charge in [-0.05, 0) is 31.2 Å². The van der Waals surface area contributed by atoms with Crippen molar-refractivity contribution in [1.82, 2.24) is 9.80 Å². The van der Waals surface area contributed by atoms with E-state index < -0.39 is 0 Å². The number of hydrogen-bond donors (Lipinski definition) is 1. The summed E-state index contributed by atoms with van der Waals surface area (Å²) in [6.07, 6.45) is 1.15. The topological polar surface area (TPSA) is 44.8 Å². The predicted octanol–water partition coefficient (Wildman–Crippen LogP) is 3.93. The molecule has 130 valence electrons. The van der Waals surface area contributed by atoms with Crippen molar-refractivity contribution in [3.05, 3.63) is 23.2 Å². The van der Waals surface area contributed by atoms with Crippen LogP contribution in [-0.2, 0) is 0 Å². The van der Waals surface area contributed by atoms with Crippen LogP contribution in [0, 0.1) is 0 Å². The maximum Gasteiger partial charge on any atom is 0.321 e. The normalized spacial score (nSPS) is 14.7. The number of amides is 2. The summed E-state index contributed by atoms with van der Waals surface area (Å²) >= 11 is 6.06. The second kappa shape index (κ2) is 10.3. The maximum atomic E-state index is 12.2. The van der Waals surface area contributed by atoms with Crippen molar-refractivity contribution in [3.63, 3.8) is 0 Å². The fourth-order valence-electron chi connectivity index (χ4n) is 2.44. The minimum atomic E-state index is -0.0765. The van der Waals surface area contributed by atoms with Gasteiger partial charge in [0.05, 0.1) is 12.1 Å². The van der Waals surface area contributed by atoms with Crippen molar-refractivity contribution in [1.29, 1.82) is 0 Å². The summed E-state index contributed by atoms with van der Waals surface area (Å²) in [5, 5.41) is 3.37. The molecule has 0 spiro atoms. The van der Waals surface area contributed by atoms with Gasteiger partial charge in [-0.25, -0.2) is 4.79 Å². The van der Waals surface area contributed by atoms with Crippen LogP contribution in [0.25, 0.3) is 0 Å². The molecule has 0 aromatic heterocycles. The van der Waals surface area contributed by atoms with Gasteiger partial charge in [0.15, 0.2) is 0 Å². The summed E-state index contributed by atoms with van der Waals surface area (Å²) in [5.41, 5.74) is 0.682. The van der Waals surface area contributed by atoms with E-state index in [0.717, 1.165) is 39.1 Å². The Balaban J connectivity index is 0.00000127. The fourth-order valence-corrected chi connectivity index (χ4v) is 2.70. The van der Waals surface area contributed by atoms with E-state index >= 15 is 0 Å². The van der Waals surface area contributed by atoms with E-state index in [2.05, 4.69) is 17.1 Å². The number of benzene rings is 1. The van der Waals surface area contributed by atoms with Crippen LogP contribution in [0.5, 0.6) is 5.75 Å². The Morgan fingerprint density at radius 3 is 2.43 bits per heavy atom. The first-order chi connectivity index (χ1) is 11.1.